The van der Waals surface area contributed by atoms with Gasteiger partial charge in [0.05, 0.1) is 0 Å². The second kappa shape index (κ2) is 4.89. The Morgan fingerprint density at radius 3 is 2.53 bits per heavy atom. The number of nitrogens with one attached hydrogen (secondary N) is 2. The molecule has 0 fully saturated rings. The van der Waals surface area contributed by atoms with Crippen LogP contribution in [0.1, 0.15) is 6.92 Å². The van der Waals surface area contributed by atoms with Gasteiger partial charge in [-0.2, -0.15) is 0 Å². The Balaban J connectivity index is 2.47. The number of hydrogen-bond donors (Lipinski definition) is 3. The average molecular weight is 210 g/mol. The third-order valence-corrected chi connectivity index (χ3v) is 1.51. The van der Waals surface area contributed by atoms with E-state index >= 15 is 0 Å². The van der Waals surface area contributed by atoms with Crippen LogP contribution in [0.5, 0.6) is 0 Å². The molecule has 0 aliphatic carbocycles. The van der Waals surface area contributed by atoms with Crippen LogP contribution in [0, 0.1) is 0 Å². The Kier molecular flexibility index (Phi) is 3.55. The molecule has 1 aromatic rings. The maximum absolute atomic E-state index is 11.2. The molecule has 1 rings (SSSR count). The molecule has 1 aromatic heterocycles. The van der Waals surface area contributed by atoms with Crippen LogP contribution in [0.25, 0.3) is 0 Å². The first kappa shape index (κ1) is 10.9. The van der Waals surface area contributed by atoms with Gasteiger partial charge in [-0.25, -0.2) is 14.8 Å². The Labute approximate surface area is 85.5 Å². The van der Waals surface area contributed by atoms with E-state index in [0.717, 1.165) is 0 Å². The van der Waals surface area contributed by atoms with E-state index in [1.807, 2.05) is 0 Å². The average Bonchev–Trinajstić information content (AvgIpc) is 2.18. The van der Waals surface area contributed by atoms with Crippen molar-refractivity contribution in [1.82, 2.24) is 15.3 Å². The van der Waals surface area contributed by atoms with Gasteiger partial charge in [0, 0.05) is 12.4 Å². The molecule has 0 unspecified atom stereocenters. The summed E-state index contributed by atoms with van der Waals surface area (Å²) in [5.41, 5.74) is 0. The molecule has 1 heterocycles. The van der Waals surface area contributed by atoms with Crippen LogP contribution >= 0.6 is 0 Å². The molecule has 0 saturated heterocycles. The molecule has 7 heteroatoms. The summed E-state index contributed by atoms with van der Waals surface area (Å²) in [4.78, 5) is 29.1. The van der Waals surface area contributed by atoms with Crippen LogP contribution in [-0.2, 0) is 4.79 Å². The molecule has 0 bridgehead atoms. The second-order valence-electron chi connectivity index (χ2n) is 2.73. The van der Waals surface area contributed by atoms with Gasteiger partial charge in [0.25, 0.3) is 0 Å². The highest BCUT2D eigenvalue weighted by atomic mass is 16.4. The normalized spacial score (nSPS) is 11.5. The van der Waals surface area contributed by atoms with Crippen molar-refractivity contribution in [2.75, 3.05) is 5.32 Å². The van der Waals surface area contributed by atoms with Crippen molar-refractivity contribution >= 4 is 17.9 Å². The number of carboxylic acid groups (broad SMARTS) is 1. The van der Waals surface area contributed by atoms with E-state index in [9.17, 15) is 9.59 Å². The van der Waals surface area contributed by atoms with E-state index in [4.69, 9.17) is 5.11 Å². The Morgan fingerprint density at radius 2 is 2.00 bits per heavy atom. The van der Waals surface area contributed by atoms with Gasteiger partial charge in [-0.1, -0.05) is 0 Å². The molecular formula is C8H10N4O3. The minimum Gasteiger partial charge on any atom is -0.480 e. The van der Waals surface area contributed by atoms with Crippen molar-refractivity contribution in [2.24, 2.45) is 0 Å². The zero-order valence-corrected chi connectivity index (χ0v) is 7.97. The number of nitrogens with zero attached hydrogens (tertiary/aromatic N) is 2. The molecule has 2 amide bonds. The fourth-order valence-corrected chi connectivity index (χ4v) is 0.760. The van der Waals surface area contributed by atoms with Crippen molar-refractivity contribution in [1.29, 1.82) is 0 Å². The number of anilines is 1. The van der Waals surface area contributed by atoms with E-state index in [-0.39, 0.29) is 5.95 Å². The van der Waals surface area contributed by atoms with Gasteiger partial charge in [0.15, 0.2) is 0 Å². The molecule has 15 heavy (non-hydrogen) atoms. The minimum absolute atomic E-state index is 0.118. The predicted octanol–water partition coefficient (Wildman–Crippen LogP) is 0.0712. The highest BCUT2D eigenvalue weighted by molar-refractivity contribution is 5.90. The van der Waals surface area contributed by atoms with Gasteiger partial charge in [0.2, 0.25) is 5.95 Å². The highest BCUT2D eigenvalue weighted by Crippen LogP contribution is 1.93. The molecule has 0 aromatic carbocycles. The Morgan fingerprint density at radius 1 is 1.40 bits per heavy atom. The number of rotatable bonds is 3. The number of carbonyl (C=O) groups is 2. The summed E-state index contributed by atoms with van der Waals surface area (Å²) in [7, 11) is 0. The van der Waals surface area contributed by atoms with Gasteiger partial charge >= 0.3 is 12.0 Å². The topological polar surface area (TPSA) is 104 Å². The summed E-state index contributed by atoms with van der Waals surface area (Å²) in [6.45, 7) is 1.35. The lowest BCUT2D eigenvalue weighted by Gasteiger charge is -2.09. The van der Waals surface area contributed by atoms with E-state index < -0.39 is 18.0 Å². The van der Waals surface area contributed by atoms with Gasteiger partial charge < -0.3 is 10.4 Å². The molecule has 0 aliphatic heterocycles. The lowest BCUT2D eigenvalue weighted by molar-refractivity contribution is -0.138. The standard InChI is InChI=1S/C8H10N4O3/c1-5(6(13)14)11-8(15)12-7-9-3-2-4-10-7/h2-5H,1H3,(H,13,14)(H2,9,10,11,12,15)/t5-/m1/s1. The van der Waals surface area contributed by atoms with Gasteiger partial charge in [-0.3, -0.25) is 10.1 Å². The zero-order chi connectivity index (χ0) is 11.3. The first-order valence-electron chi connectivity index (χ1n) is 4.17. The molecule has 3 N–H and O–H groups in total. The van der Waals surface area contributed by atoms with Crippen LogP contribution in [0.2, 0.25) is 0 Å². The fraction of sp³-hybridized carbons (Fsp3) is 0.250. The summed E-state index contributed by atoms with van der Waals surface area (Å²) in [5, 5.41) is 13.0. The van der Waals surface area contributed by atoms with Crippen LogP contribution in [0.4, 0.5) is 10.7 Å². The summed E-state index contributed by atoms with van der Waals surface area (Å²) < 4.78 is 0. The molecule has 0 aliphatic rings. The SMILES string of the molecule is C[C@@H](NC(=O)Nc1ncccn1)C(=O)O. The molecule has 0 saturated carbocycles. The number of aromatic nitrogens is 2. The van der Waals surface area contributed by atoms with Crippen LogP contribution in [0.15, 0.2) is 18.5 Å². The predicted molar refractivity (Wildman–Crippen MR) is 51.3 cm³/mol. The number of aliphatic carboxylic acids is 1. The third kappa shape index (κ3) is 3.59. The monoisotopic (exact) mass is 210 g/mol. The van der Waals surface area contributed by atoms with Gasteiger partial charge in [-0.15, -0.1) is 0 Å². The summed E-state index contributed by atoms with van der Waals surface area (Å²) in [6.07, 6.45) is 2.92. The van der Waals surface area contributed by atoms with E-state index in [2.05, 4.69) is 20.6 Å². The Hall–Kier alpha value is -2.18. The number of carboxylic acids is 1. The van der Waals surface area contributed by atoms with Crippen LogP contribution in [0.3, 0.4) is 0 Å². The minimum atomic E-state index is -1.11. The maximum atomic E-state index is 11.2. The van der Waals surface area contributed by atoms with E-state index in [0.29, 0.717) is 0 Å². The Bertz CT molecular complexity index is 354. The first-order valence-corrected chi connectivity index (χ1v) is 4.17. The molecule has 0 radical (unpaired) electrons. The van der Waals surface area contributed by atoms with Crippen LogP contribution < -0.4 is 10.6 Å². The number of amides is 2. The van der Waals surface area contributed by atoms with Crippen LogP contribution in [-0.4, -0.2) is 33.1 Å². The summed E-state index contributed by atoms with van der Waals surface area (Å²) in [5.74, 6) is -0.994. The van der Waals surface area contributed by atoms with E-state index in [1.54, 1.807) is 6.07 Å². The van der Waals surface area contributed by atoms with Crippen molar-refractivity contribution in [3.63, 3.8) is 0 Å². The summed E-state index contributed by atoms with van der Waals surface area (Å²) in [6, 6.07) is -0.0204. The first-order chi connectivity index (χ1) is 7.09. The quantitative estimate of drug-likeness (QED) is 0.654. The molecule has 7 nitrogen and oxygen atoms in total. The van der Waals surface area contributed by atoms with E-state index in [1.165, 1.54) is 19.3 Å². The van der Waals surface area contributed by atoms with Crippen molar-refractivity contribution in [3.05, 3.63) is 18.5 Å². The summed E-state index contributed by atoms with van der Waals surface area (Å²) >= 11 is 0. The molecule has 1 atom stereocenters. The van der Waals surface area contributed by atoms with Gasteiger partial charge in [-0.05, 0) is 13.0 Å². The zero-order valence-electron chi connectivity index (χ0n) is 7.97. The number of hydrogen-bond acceptors (Lipinski definition) is 4. The third-order valence-electron chi connectivity index (χ3n) is 1.51. The largest absolute Gasteiger partial charge is 0.480 e. The number of urea groups is 1. The molecule has 0 spiro atoms. The smallest absolute Gasteiger partial charge is 0.325 e. The number of carbonyl (C=O) groups excluding carboxylic acids is 1. The lowest BCUT2D eigenvalue weighted by atomic mass is 10.3. The van der Waals surface area contributed by atoms with Crippen molar-refractivity contribution < 1.29 is 14.7 Å². The van der Waals surface area contributed by atoms with Crippen molar-refractivity contribution in [3.8, 4) is 0 Å². The maximum Gasteiger partial charge on any atom is 0.325 e. The fourth-order valence-electron chi connectivity index (χ4n) is 0.760. The molecular weight excluding hydrogens is 200 g/mol. The molecule has 80 valence electrons. The highest BCUT2D eigenvalue weighted by Gasteiger charge is 2.13. The lowest BCUT2D eigenvalue weighted by Crippen LogP contribution is -2.41. The van der Waals surface area contributed by atoms with Crippen molar-refractivity contribution in [2.45, 2.75) is 13.0 Å². The van der Waals surface area contributed by atoms with Gasteiger partial charge in [0.1, 0.15) is 6.04 Å². The second-order valence-corrected chi connectivity index (χ2v) is 2.73.